The third-order valence-corrected chi connectivity index (χ3v) is 4.56. The van der Waals surface area contributed by atoms with Crippen LogP contribution in [0.3, 0.4) is 0 Å². The molecule has 0 amide bonds. The van der Waals surface area contributed by atoms with Crippen molar-refractivity contribution in [2.75, 3.05) is 0 Å². The van der Waals surface area contributed by atoms with Crippen LogP contribution in [0, 0.1) is 12.2 Å². The maximum atomic E-state index is 3.37. The topological polar surface area (TPSA) is 0 Å². The minimum Gasteiger partial charge on any atom is -1.00 e. The molecule has 0 fully saturated rings. The molecule has 2 aliphatic rings. The molecule has 0 saturated heterocycles. The quantitative estimate of drug-likeness (QED) is 0.579. The first-order valence-corrected chi connectivity index (χ1v) is 8.65. The molecule has 4 rings (SSSR count). The van der Waals surface area contributed by atoms with Gasteiger partial charge in [-0.3, -0.25) is 6.08 Å². The van der Waals surface area contributed by atoms with Gasteiger partial charge in [0.15, 0.2) is 0 Å². The summed E-state index contributed by atoms with van der Waals surface area (Å²) in [6.07, 6.45) is 17.0. The first kappa shape index (κ1) is 25.4. The molecule has 0 heterocycles. The van der Waals surface area contributed by atoms with E-state index in [9.17, 15) is 0 Å². The minimum absolute atomic E-state index is 0. The molecule has 0 nitrogen and oxygen atoms in total. The summed E-state index contributed by atoms with van der Waals surface area (Å²) in [4.78, 5) is 0. The summed E-state index contributed by atoms with van der Waals surface area (Å²) < 4.78 is 0. The fraction of sp³-hybridized carbons (Fsp3) is 0.304. The Morgan fingerprint density at radius 3 is 2.50 bits per heavy atom. The molecule has 26 heavy (non-hydrogen) atoms. The van der Waals surface area contributed by atoms with Gasteiger partial charge in [-0.1, -0.05) is 62.3 Å². The zero-order chi connectivity index (χ0) is 16.1. The third kappa shape index (κ3) is 6.22. The number of hydrogen-bond acceptors (Lipinski definition) is 0. The predicted octanol–water partition coefficient (Wildman–Crippen LogP) is 0.365. The smallest absolute Gasteiger partial charge is 1.00 e. The standard InChI is InChI=1S/C13H9.C10H15.2ClH.Zr/c1-2-6-12-10(4-1)8-9-11-5-3-7-13(11)12;1-3-4-7-10-8-5-6-9(10)2;;;/h1-4,6,8-9H,5H2;6H,3-5,7H2,1-2H3;2*1H;/q2*-1;;;+4/p-2. The van der Waals surface area contributed by atoms with Crippen molar-refractivity contribution in [1.82, 2.24) is 0 Å². The summed E-state index contributed by atoms with van der Waals surface area (Å²) in [5, 5.41) is 2.64. The molecule has 0 atom stereocenters. The van der Waals surface area contributed by atoms with Gasteiger partial charge in [0.1, 0.15) is 0 Å². The zero-order valence-corrected chi connectivity index (χ0v) is 19.4. The van der Waals surface area contributed by atoms with Crippen molar-refractivity contribution in [3.05, 3.63) is 83.0 Å². The molecule has 0 aromatic heterocycles. The summed E-state index contributed by atoms with van der Waals surface area (Å²) in [5.41, 5.74) is 5.60. The number of halogens is 2. The number of hydrogen-bond donors (Lipinski definition) is 0. The van der Waals surface area contributed by atoms with Crippen LogP contribution < -0.4 is 24.8 Å². The number of allylic oxidation sites excluding steroid dienone is 5. The number of fused-ring (bicyclic) bond motifs is 3. The molecule has 2 aliphatic carbocycles. The molecule has 0 bridgehead atoms. The minimum atomic E-state index is 0. The normalized spacial score (nSPS) is 13.3. The third-order valence-electron chi connectivity index (χ3n) is 4.56. The fourth-order valence-corrected chi connectivity index (χ4v) is 3.15. The number of unbranched alkanes of at least 4 members (excludes halogenated alkanes) is 1. The Hall–Kier alpha value is -0.617. The Balaban J connectivity index is 0.000000445. The van der Waals surface area contributed by atoms with Crippen molar-refractivity contribution in [3.8, 4) is 0 Å². The molecule has 2 aromatic carbocycles. The van der Waals surface area contributed by atoms with Crippen LogP contribution in [-0.4, -0.2) is 0 Å². The van der Waals surface area contributed by atoms with Crippen LogP contribution in [0.25, 0.3) is 10.8 Å². The Kier molecular flexibility index (Phi) is 12.4. The first-order valence-electron chi connectivity index (χ1n) is 8.65. The van der Waals surface area contributed by atoms with Crippen molar-refractivity contribution in [3.63, 3.8) is 0 Å². The van der Waals surface area contributed by atoms with Gasteiger partial charge < -0.3 is 24.8 Å². The van der Waals surface area contributed by atoms with Gasteiger partial charge >= 0.3 is 26.2 Å². The van der Waals surface area contributed by atoms with Crippen molar-refractivity contribution >= 4 is 10.8 Å². The van der Waals surface area contributed by atoms with E-state index >= 15 is 0 Å². The van der Waals surface area contributed by atoms with Crippen LogP contribution in [-0.2, 0) is 32.6 Å². The van der Waals surface area contributed by atoms with E-state index in [1.54, 1.807) is 0 Å². The molecule has 0 spiro atoms. The van der Waals surface area contributed by atoms with E-state index in [-0.39, 0.29) is 51.0 Å². The van der Waals surface area contributed by atoms with Gasteiger partial charge in [0, 0.05) is 0 Å². The van der Waals surface area contributed by atoms with Crippen molar-refractivity contribution in [2.24, 2.45) is 0 Å². The fourth-order valence-electron chi connectivity index (χ4n) is 3.15. The van der Waals surface area contributed by atoms with Gasteiger partial charge in [-0.15, -0.1) is 36.4 Å². The van der Waals surface area contributed by atoms with Gasteiger partial charge in [0.2, 0.25) is 0 Å². The van der Waals surface area contributed by atoms with E-state index in [4.69, 9.17) is 0 Å². The second-order valence-corrected chi connectivity index (χ2v) is 6.22. The molecule has 0 radical (unpaired) electrons. The Bertz CT molecular complexity index is 788. The first-order chi connectivity index (χ1) is 11.3. The monoisotopic (exact) mass is 460 g/mol. The van der Waals surface area contributed by atoms with E-state index in [0.29, 0.717) is 0 Å². The van der Waals surface area contributed by atoms with Gasteiger partial charge in [0.25, 0.3) is 0 Å². The van der Waals surface area contributed by atoms with E-state index in [1.165, 1.54) is 52.3 Å². The average molecular weight is 463 g/mol. The van der Waals surface area contributed by atoms with Crippen LogP contribution >= 0.6 is 0 Å². The molecular weight excluding hydrogens is 438 g/mol. The van der Waals surface area contributed by atoms with Crippen LogP contribution in [0.5, 0.6) is 0 Å². The van der Waals surface area contributed by atoms with Crippen molar-refractivity contribution < 1.29 is 51.0 Å². The summed E-state index contributed by atoms with van der Waals surface area (Å²) >= 11 is 0. The van der Waals surface area contributed by atoms with E-state index in [0.717, 1.165) is 12.8 Å². The van der Waals surface area contributed by atoms with Crippen molar-refractivity contribution in [2.45, 2.75) is 46.0 Å². The molecule has 0 aliphatic heterocycles. The number of rotatable bonds is 3. The van der Waals surface area contributed by atoms with Crippen LogP contribution in [0.1, 0.15) is 50.7 Å². The number of benzene rings is 2. The maximum absolute atomic E-state index is 3.37. The second-order valence-electron chi connectivity index (χ2n) is 6.22. The second kappa shape index (κ2) is 12.7. The predicted molar refractivity (Wildman–Crippen MR) is 99.2 cm³/mol. The molecule has 0 saturated carbocycles. The summed E-state index contributed by atoms with van der Waals surface area (Å²) in [7, 11) is 0. The van der Waals surface area contributed by atoms with E-state index < -0.39 is 0 Å². The molecule has 2 aromatic rings. The Morgan fingerprint density at radius 2 is 1.81 bits per heavy atom. The SMILES string of the molecule is CCCCC1=[C-]CC=C1C.[C-]1=CCc2ccc3ccccc3c21.[Cl-].[Cl-].[Zr+4]. The van der Waals surface area contributed by atoms with Crippen LogP contribution in [0.15, 0.2) is 59.7 Å². The Labute approximate surface area is 189 Å². The van der Waals surface area contributed by atoms with Gasteiger partial charge in [0.05, 0.1) is 0 Å². The summed E-state index contributed by atoms with van der Waals surface area (Å²) in [6, 6.07) is 12.9. The van der Waals surface area contributed by atoms with Crippen LogP contribution in [0.2, 0.25) is 0 Å². The maximum Gasteiger partial charge on any atom is 4.00 e. The summed E-state index contributed by atoms with van der Waals surface area (Å²) in [5.74, 6) is 0. The molecular formula is C23H24Cl2Zr. The van der Waals surface area contributed by atoms with Crippen LogP contribution in [0.4, 0.5) is 0 Å². The zero-order valence-electron chi connectivity index (χ0n) is 15.4. The van der Waals surface area contributed by atoms with Crippen molar-refractivity contribution in [1.29, 1.82) is 0 Å². The Morgan fingerprint density at radius 1 is 1.04 bits per heavy atom. The van der Waals surface area contributed by atoms with Gasteiger partial charge in [-0.05, 0) is 0 Å². The van der Waals surface area contributed by atoms with E-state index in [1.807, 2.05) is 0 Å². The van der Waals surface area contributed by atoms with Gasteiger partial charge in [-0.2, -0.15) is 23.8 Å². The average Bonchev–Trinajstić information content (AvgIpc) is 3.22. The molecule has 134 valence electrons. The molecule has 0 N–H and O–H groups in total. The van der Waals surface area contributed by atoms with Gasteiger partial charge in [-0.25, -0.2) is 11.1 Å². The molecule has 0 unspecified atom stereocenters. The van der Waals surface area contributed by atoms with E-state index in [2.05, 4.69) is 74.5 Å². The molecule has 3 heteroatoms. The summed E-state index contributed by atoms with van der Waals surface area (Å²) in [6.45, 7) is 4.42. The largest absolute Gasteiger partial charge is 4.00 e.